The van der Waals surface area contributed by atoms with Gasteiger partial charge in [-0.25, -0.2) is 8.42 Å². The van der Waals surface area contributed by atoms with Crippen molar-refractivity contribution in [1.82, 2.24) is 0 Å². The average molecular weight is 290 g/mol. The smallest absolute Gasteiger partial charge is 0.151 e. The minimum Gasteiger partial charge on any atom is -0.388 e. The highest BCUT2D eigenvalue weighted by atomic mass is 35.5. The molecule has 0 saturated carbocycles. The van der Waals surface area contributed by atoms with E-state index in [0.29, 0.717) is 17.0 Å². The second-order valence-corrected chi connectivity index (χ2v) is 7.42. The minimum absolute atomic E-state index is 0.0751. The monoisotopic (exact) mass is 289 g/mol. The number of aliphatic hydroxyl groups excluding tert-OH is 1. The molecule has 2 unspecified atom stereocenters. The second kappa shape index (κ2) is 4.81. The molecule has 0 aliphatic carbocycles. The topological polar surface area (TPSA) is 80.4 Å². The molecule has 0 bridgehead atoms. The molecule has 0 aromatic heterocycles. The lowest BCUT2D eigenvalue weighted by Crippen LogP contribution is -2.38. The second-order valence-electron chi connectivity index (χ2n) is 4.83. The third-order valence-electron chi connectivity index (χ3n) is 3.60. The Morgan fingerprint density at radius 3 is 2.61 bits per heavy atom. The Kier molecular flexibility index (Phi) is 3.69. The molecule has 1 saturated heterocycles. The maximum atomic E-state index is 11.6. The molecule has 2 atom stereocenters. The van der Waals surface area contributed by atoms with Crippen LogP contribution in [0.25, 0.3) is 0 Å². The summed E-state index contributed by atoms with van der Waals surface area (Å²) in [6.45, 7) is 0.124. The first-order valence-corrected chi connectivity index (χ1v) is 7.93. The molecular weight excluding hydrogens is 274 g/mol. The first kappa shape index (κ1) is 13.8. The Hall–Kier alpha value is -0.620. The van der Waals surface area contributed by atoms with Crippen molar-refractivity contribution in [3.05, 3.63) is 34.9 Å². The molecule has 1 aromatic rings. The van der Waals surface area contributed by atoms with Crippen LogP contribution in [-0.4, -0.2) is 31.6 Å². The zero-order chi connectivity index (χ0) is 13.4. The van der Waals surface area contributed by atoms with E-state index in [9.17, 15) is 13.5 Å². The molecule has 1 fully saturated rings. The van der Waals surface area contributed by atoms with Crippen LogP contribution in [0.15, 0.2) is 24.3 Å². The van der Waals surface area contributed by atoms with Gasteiger partial charge >= 0.3 is 0 Å². The van der Waals surface area contributed by atoms with Gasteiger partial charge in [0.2, 0.25) is 0 Å². The minimum atomic E-state index is -3.11. The molecule has 0 amide bonds. The summed E-state index contributed by atoms with van der Waals surface area (Å²) in [4.78, 5) is 0. The maximum Gasteiger partial charge on any atom is 0.151 e. The number of nitrogens with two attached hydrogens (primary N) is 1. The fourth-order valence-electron chi connectivity index (χ4n) is 2.46. The number of aliphatic hydroxyl groups is 1. The van der Waals surface area contributed by atoms with Crippen LogP contribution in [0.2, 0.25) is 5.02 Å². The van der Waals surface area contributed by atoms with Gasteiger partial charge < -0.3 is 10.8 Å². The quantitative estimate of drug-likeness (QED) is 0.874. The largest absolute Gasteiger partial charge is 0.388 e. The van der Waals surface area contributed by atoms with E-state index in [1.165, 1.54) is 0 Å². The fraction of sp³-hybridized carbons (Fsp3) is 0.500. The number of sulfone groups is 1. The van der Waals surface area contributed by atoms with Gasteiger partial charge in [0.05, 0.1) is 17.6 Å². The number of hydrogen-bond acceptors (Lipinski definition) is 4. The highest BCUT2D eigenvalue weighted by Crippen LogP contribution is 2.44. The van der Waals surface area contributed by atoms with E-state index in [-0.39, 0.29) is 18.1 Å². The summed E-state index contributed by atoms with van der Waals surface area (Å²) in [6.07, 6.45) is -0.577. The first-order valence-electron chi connectivity index (χ1n) is 5.73. The van der Waals surface area contributed by atoms with Crippen LogP contribution < -0.4 is 5.73 Å². The van der Waals surface area contributed by atoms with Crippen molar-refractivity contribution in [2.24, 2.45) is 11.1 Å². The van der Waals surface area contributed by atoms with Gasteiger partial charge in [-0.05, 0) is 18.1 Å². The molecule has 1 heterocycles. The molecule has 3 N–H and O–H groups in total. The Bertz CT molecular complexity index is 546. The molecule has 6 heteroatoms. The molecule has 0 spiro atoms. The summed E-state index contributed by atoms with van der Waals surface area (Å²) in [5.74, 6) is -0.00535. The summed E-state index contributed by atoms with van der Waals surface area (Å²) in [6, 6.07) is 6.90. The van der Waals surface area contributed by atoms with Crippen molar-refractivity contribution in [2.75, 3.05) is 18.1 Å². The Labute approximate surface area is 112 Å². The predicted octanol–water partition coefficient (Wildman–Crippen LogP) is 1.14. The summed E-state index contributed by atoms with van der Waals surface area (Å²) >= 11 is 6.04. The number of rotatable bonds is 3. The normalized spacial score (nSPS) is 28.2. The molecule has 1 aliphatic rings. The van der Waals surface area contributed by atoms with Crippen molar-refractivity contribution in [1.29, 1.82) is 0 Å². The standard InChI is InChI=1S/C12H16ClNO3S/c13-10-4-2-1-3-9(10)11(15)12(7-14)5-6-18(16,17)8-12/h1-4,11,15H,5-8,14H2. The third-order valence-corrected chi connectivity index (χ3v) is 5.79. The summed E-state index contributed by atoms with van der Waals surface area (Å²) in [7, 11) is -3.11. The molecule has 1 aromatic carbocycles. The van der Waals surface area contributed by atoms with Crippen LogP contribution in [0.3, 0.4) is 0 Å². The average Bonchev–Trinajstić information content (AvgIpc) is 2.66. The van der Waals surface area contributed by atoms with E-state index in [2.05, 4.69) is 0 Å². The van der Waals surface area contributed by atoms with Crippen LogP contribution in [0.1, 0.15) is 18.1 Å². The van der Waals surface area contributed by atoms with Crippen LogP contribution in [0, 0.1) is 5.41 Å². The van der Waals surface area contributed by atoms with Crippen LogP contribution >= 0.6 is 11.6 Å². The summed E-state index contributed by atoms with van der Waals surface area (Å²) in [5, 5.41) is 10.9. The molecule has 4 nitrogen and oxygen atoms in total. The summed E-state index contributed by atoms with van der Waals surface area (Å²) in [5.41, 5.74) is 5.44. The van der Waals surface area contributed by atoms with Crippen LogP contribution in [0.4, 0.5) is 0 Å². The van der Waals surface area contributed by atoms with Crippen molar-refractivity contribution >= 4 is 21.4 Å². The van der Waals surface area contributed by atoms with Crippen molar-refractivity contribution in [3.63, 3.8) is 0 Å². The molecule has 1 aliphatic heterocycles. The molecule has 0 radical (unpaired) electrons. The Balaban J connectivity index is 2.38. The van der Waals surface area contributed by atoms with Crippen molar-refractivity contribution in [2.45, 2.75) is 12.5 Å². The van der Waals surface area contributed by atoms with Crippen molar-refractivity contribution < 1.29 is 13.5 Å². The number of halogens is 1. The van der Waals surface area contributed by atoms with Gasteiger partial charge in [-0.1, -0.05) is 29.8 Å². The third kappa shape index (κ3) is 2.40. The maximum absolute atomic E-state index is 11.6. The predicted molar refractivity (Wildman–Crippen MR) is 71.2 cm³/mol. The zero-order valence-electron chi connectivity index (χ0n) is 9.84. The van der Waals surface area contributed by atoms with Crippen molar-refractivity contribution in [3.8, 4) is 0 Å². The SMILES string of the molecule is NCC1(C(O)c2ccccc2Cl)CCS(=O)(=O)C1. The van der Waals surface area contributed by atoms with E-state index in [1.807, 2.05) is 0 Å². The van der Waals surface area contributed by atoms with Gasteiger partial charge in [0.25, 0.3) is 0 Å². The molecule has 100 valence electrons. The lowest BCUT2D eigenvalue weighted by atomic mass is 9.78. The van der Waals surface area contributed by atoms with E-state index in [1.54, 1.807) is 24.3 Å². The Morgan fingerprint density at radius 1 is 1.44 bits per heavy atom. The van der Waals surface area contributed by atoms with E-state index < -0.39 is 21.4 Å². The van der Waals surface area contributed by atoms with Gasteiger partial charge in [-0.3, -0.25) is 0 Å². The molecule has 2 rings (SSSR count). The zero-order valence-corrected chi connectivity index (χ0v) is 11.4. The van der Waals surface area contributed by atoms with E-state index >= 15 is 0 Å². The van der Waals surface area contributed by atoms with Gasteiger partial charge in [-0.2, -0.15) is 0 Å². The van der Waals surface area contributed by atoms with Gasteiger partial charge in [0, 0.05) is 17.0 Å². The molecule has 18 heavy (non-hydrogen) atoms. The van der Waals surface area contributed by atoms with Crippen LogP contribution in [0.5, 0.6) is 0 Å². The Morgan fingerprint density at radius 2 is 2.11 bits per heavy atom. The van der Waals surface area contributed by atoms with Gasteiger partial charge in [0.15, 0.2) is 9.84 Å². The lowest BCUT2D eigenvalue weighted by Gasteiger charge is -2.32. The first-order chi connectivity index (χ1) is 8.40. The van der Waals surface area contributed by atoms with Crippen LogP contribution in [-0.2, 0) is 9.84 Å². The fourth-order valence-corrected chi connectivity index (χ4v) is 4.85. The summed E-state index contributed by atoms with van der Waals surface area (Å²) < 4.78 is 23.3. The number of benzene rings is 1. The molecular formula is C12H16ClNO3S. The lowest BCUT2D eigenvalue weighted by molar-refractivity contribution is 0.0473. The number of hydrogen-bond donors (Lipinski definition) is 2. The van der Waals surface area contributed by atoms with E-state index in [0.717, 1.165) is 0 Å². The highest BCUT2D eigenvalue weighted by Gasteiger charge is 2.47. The van der Waals surface area contributed by atoms with Gasteiger partial charge in [0.1, 0.15) is 0 Å². The van der Waals surface area contributed by atoms with E-state index in [4.69, 9.17) is 17.3 Å². The van der Waals surface area contributed by atoms with Gasteiger partial charge in [-0.15, -0.1) is 0 Å². The highest BCUT2D eigenvalue weighted by molar-refractivity contribution is 7.91.